The molecule has 6 N–H and O–H groups in total. The van der Waals surface area contributed by atoms with Crippen molar-refractivity contribution in [3.8, 4) is 0 Å². The van der Waals surface area contributed by atoms with Gasteiger partial charge in [-0.3, -0.25) is 0 Å². The number of rotatable bonds is 4. The van der Waals surface area contributed by atoms with Crippen molar-refractivity contribution in [2.45, 2.75) is 56.4 Å². The van der Waals surface area contributed by atoms with Gasteiger partial charge in [0.25, 0.3) is 0 Å². The zero-order valence-corrected chi connectivity index (χ0v) is 14.1. The molecule has 0 aromatic heterocycles. The number of fused-ring (bicyclic) bond motifs is 1. The minimum atomic E-state index is -1.60. The monoisotopic (exact) mass is 376 g/mol. The van der Waals surface area contributed by atoms with E-state index in [2.05, 4.69) is 0 Å². The molecule has 0 unspecified atom stereocenters. The first-order chi connectivity index (χ1) is 12.3. The van der Waals surface area contributed by atoms with Crippen LogP contribution < -0.4 is 0 Å². The van der Waals surface area contributed by atoms with Crippen molar-refractivity contribution < 1.29 is 49.6 Å². The molecule has 2 heterocycles. The van der Waals surface area contributed by atoms with Crippen molar-refractivity contribution in [3.05, 3.63) is 11.8 Å². The zero-order valence-electron chi connectivity index (χ0n) is 14.1. The van der Waals surface area contributed by atoms with Crippen LogP contribution in [0.25, 0.3) is 0 Å². The number of aliphatic carboxylic acids is 1. The van der Waals surface area contributed by atoms with E-state index in [0.29, 0.717) is 0 Å². The van der Waals surface area contributed by atoms with Crippen molar-refractivity contribution in [2.24, 2.45) is 17.8 Å². The molecule has 1 saturated carbocycles. The van der Waals surface area contributed by atoms with Gasteiger partial charge >= 0.3 is 5.97 Å². The van der Waals surface area contributed by atoms with Crippen LogP contribution in [-0.4, -0.2) is 86.3 Å². The van der Waals surface area contributed by atoms with Gasteiger partial charge in [-0.2, -0.15) is 0 Å². The van der Waals surface area contributed by atoms with Gasteiger partial charge in [-0.05, 0) is 12.3 Å². The minimum Gasteiger partial charge on any atom is -0.478 e. The van der Waals surface area contributed by atoms with Crippen LogP contribution >= 0.6 is 0 Å². The van der Waals surface area contributed by atoms with Gasteiger partial charge in [0.1, 0.15) is 24.4 Å². The maximum absolute atomic E-state index is 11.4. The topological polar surface area (TPSA) is 166 Å². The lowest BCUT2D eigenvalue weighted by Gasteiger charge is -2.43. The summed E-state index contributed by atoms with van der Waals surface area (Å²) in [7, 11) is 0. The van der Waals surface area contributed by atoms with Crippen LogP contribution in [0.4, 0.5) is 0 Å². The predicted molar refractivity (Wildman–Crippen MR) is 82.2 cm³/mol. The lowest BCUT2D eigenvalue weighted by Crippen LogP contribution is -2.60. The van der Waals surface area contributed by atoms with Crippen LogP contribution in [-0.2, 0) is 19.0 Å². The number of hydrogen-bond donors (Lipinski definition) is 6. The second-order valence-electron chi connectivity index (χ2n) is 7.06. The quantitative estimate of drug-likeness (QED) is 0.316. The van der Waals surface area contributed by atoms with Gasteiger partial charge < -0.3 is 44.8 Å². The molecule has 3 aliphatic rings. The van der Waals surface area contributed by atoms with Crippen molar-refractivity contribution >= 4 is 5.97 Å². The number of hydrogen-bond acceptors (Lipinski definition) is 9. The van der Waals surface area contributed by atoms with E-state index in [-0.39, 0.29) is 17.9 Å². The summed E-state index contributed by atoms with van der Waals surface area (Å²) in [6.45, 7) is 1.15. The summed E-state index contributed by atoms with van der Waals surface area (Å²) in [6, 6.07) is 0. The largest absolute Gasteiger partial charge is 0.478 e. The third-order valence-electron chi connectivity index (χ3n) is 5.58. The summed E-state index contributed by atoms with van der Waals surface area (Å²) >= 11 is 0. The van der Waals surface area contributed by atoms with Gasteiger partial charge in [-0.25, -0.2) is 4.79 Å². The molecular weight excluding hydrogens is 352 g/mol. The van der Waals surface area contributed by atoms with Gasteiger partial charge in [0.2, 0.25) is 6.29 Å². The lowest BCUT2D eigenvalue weighted by atomic mass is 9.83. The maximum atomic E-state index is 11.4. The fourth-order valence-corrected chi connectivity index (χ4v) is 3.99. The van der Waals surface area contributed by atoms with Crippen LogP contribution in [0.15, 0.2) is 11.8 Å². The van der Waals surface area contributed by atoms with Crippen molar-refractivity contribution in [1.29, 1.82) is 0 Å². The first-order valence-electron chi connectivity index (χ1n) is 8.49. The highest BCUT2D eigenvalue weighted by Gasteiger charge is 2.53. The van der Waals surface area contributed by atoms with Crippen LogP contribution in [0, 0.1) is 17.8 Å². The summed E-state index contributed by atoms with van der Waals surface area (Å²) in [4.78, 5) is 11.4. The lowest BCUT2D eigenvalue weighted by molar-refractivity contribution is -0.342. The Bertz CT molecular complexity index is 563. The van der Waals surface area contributed by atoms with E-state index < -0.39 is 67.5 Å². The fourth-order valence-electron chi connectivity index (χ4n) is 3.99. The van der Waals surface area contributed by atoms with E-state index in [9.17, 15) is 35.4 Å². The molecule has 0 aromatic carbocycles. The molecule has 2 aliphatic heterocycles. The van der Waals surface area contributed by atoms with Crippen LogP contribution in [0.2, 0.25) is 0 Å². The van der Waals surface area contributed by atoms with E-state index in [1.165, 1.54) is 0 Å². The second-order valence-corrected chi connectivity index (χ2v) is 7.06. The maximum Gasteiger partial charge on any atom is 0.334 e. The number of aliphatic hydroxyl groups is 5. The number of ether oxygens (including phenoxy) is 3. The molecule has 1 aliphatic carbocycles. The molecule has 0 amide bonds. The third kappa shape index (κ3) is 3.22. The highest BCUT2D eigenvalue weighted by molar-refractivity contribution is 5.87. The molecule has 10 heteroatoms. The second kappa shape index (κ2) is 7.39. The molecule has 10 atom stereocenters. The summed E-state index contributed by atoms with van der Waals surface area (Å²) in [6.07, 6.45) is -7.71. The third-order valence-corrected chi connectivity index (χ3v) is 5.58. The van der Waals surface area contributed by atoms with Crippen LogP contribution in [0.5, 0.6) is 0 Å². The van der Waals surface area contributed by atoms with Crippen molar-refractivity contribution in [3.63, 3.8) is 0 Å². The fraction of sp³-hybridized carbons (Fsp3) is 0.812. The number of carboxylic acids is 1. The molecule has 148 valence electrons. The molecule has 10 nitrogen and oxygen atoms in total. The first kappa shape index (κ1) is 19.5. The Kier molecular flexibility index (Phi) is 5.54. The normalized spacial score (nSPS) is 48.5. The molecule has 0 radical (unpaired) electrons. The molecule has 2 fully saturated rings. The first-order valence-corrected chi connectivity index (χ1v) is 8.49. The number of carboxylic acid groups (broad SMARTS) is 1. The molecule has 1 saturated heterocycles. The van der Waals surface area contributed by atoms with Crippen LogP contribution in [0.3, 0.4) is 0 Å². The van der Waals surface area contributed by atoms with E-state index in [0.717, 1.165) is 6.26 Å². The van der Waals surface area contributed by atoms with Gasteiger partial charge in [0.05, 0.1) is 24.5 Å². The average Bonchev–Trinajstić information content (AvgIpc) is 2.90. The molecule has 0 spiro atoms. The standard InChI is InChI=1S/C16H24O10/c1-5-8(18)2-6-7(14(22)23)4-24-15(10(5)6)26-16-13(21)12(20)11(19)9(3-17)25-16/h4-6,8-13,15-21H,2-3H2,1H3,(H,22,23)/t5-,6+,8-,9+,10-,11-,12-,13-,15+,16-/m1/s1. The molecule has 26 heavy (non-hydrogen) atoms. The van der Waals surface area contributed by atoms with E-state index in [1.54, 1.807) is 6.92 Å². The van der Waals surface area contributed by atoms with Crippen molar-refractivity contribution in [2.75, 3.05) is 6.61 Å². The Morgan fingerprint density at radius 2 is 1.88 bits per heavy atom. The minimum absolute atomic E-state index is 0.0343. The average molecular weight is 376 g/mol. The Labute approximate surface area is 149 Å². The highest BCUT2D eigenvalue weighted by Crippen LogP contribution is 2.47. The molecule has 3 rings (SSSR count). The van der Waals surface area contributed by atoms with E-state index in [1.807, 2.05) is 0 Å². The number of aliphatic hydroxyl groups excluding tert-OH is 5. The van der Waals surface area contributed by atoms with E-state index >= 15 is 0 Å². The Hall–Kier alpha value is -1.27. The zero-order chi connectivity index (χ0) is 19.2. The van der Waals surface area contributed by atoms with Gasteiger partial charge in [-0.15, -0.1) is 0 Å². The molecule has 0 bridgehead atoms. The molecule has 0 aromatic rings. The smallest absolute Gasteiger partial charge is 0.334 e. The molecular formula is C16H24O10. The van der Waals surface area contributed by atoms with E-state index in [4.69, 9.17) is 14.2 Å². The summed E-state index contributed by atoms with van der Waals surface area (Å²) in [5, 5.41) is 58.5. The predicted octanol–water partition coefficient (Wildman–Crippen LogP) is -2.24. The van der Waals surface area contributed by atoms with Gasteiger partial charge in [-0.1, -0.05) is 6.92 Å². The van der Waals surface area contributed by atoms with Crippen LogP contribution in [0.1, 0.15) is 13.3 Å². The Morgan fingerprint density at radius 3 is 2.50 bits per heavy atom. The summed E-state index contributed by atoms with van der Waals surface area (Å²) in [5.41, 5.74) is 0.0343. The highest BCUT2D eigenvalue weighted by atomic mass is 16.8. The summed E-state index contributed by atoms with van der Waals surface area (Å²) in [5.74, 6) is -2.49. The van der Waals surface area contributed by atoms with Crippen molar-refractivity contribution in [1.82, 2.24) is 0 Å². The number of carbonyl (C=O) groups is 1. The van der Waals surface area contributed by atoms with Gasteiger partial charge in [0.15, 0.2) is 6.29 Å². The van der Waals surface area contributed by atoms with Gasteiger partial charge in [0, 0.05) is 11.8 Å². The Morgan fingerprint density at radius 1 is 1.19 bits per heavy atom. The summed E-state index contributed by atoms with van der Waals surface area (Å²) < 4.78 is 16.3. The SMILES string of the molecule is C[C@H]1[C@H]2[C@H](O[C@H]3O[C@@H](CO)[C@@H](O)[C@@H](O)[C@H]3O)OC=C(C(=O)O)[C@@H]2C[C@H]1O. The Balaban J connectivity index is 1.79.